The van der Waals surface area contributed by atoms with Crippen molar-refractivity contribution < 1.29 is 126 Å². The van der Waals surface area contributed by atoms with Crippen LogP contribution < -0.4 is 75.7 Å². The molecule has 18 atom stereocenters. The minimum absolute atomic E-state index is 0.0286. The van der Waals surface area contributed by atoms with E-state index in [1.54, 1.807) is 78.1 Å². The molecule has 3 unspecified atom stereocenters. The lowest BCUT2D eigenvalue weighted by molar-refractivity contribution is -0.145. The topological polar surface area (TPSA) is 697 Å². The average molecular weight is 2070 g/mol. The number of hydrogen-bond acceptors (Lipinski definition) is 25. The zero-order valence-electron chi connectivity index (χ0n) is 83.1. The highest BCUT2D eigenvalue weighted by atomic mass is 33.1. The predicted octanol–water partition coefficient (Wildman–Crippen LogP) is 4.01. The summed E-state index contributed by atoms with van der Waals surface area (Å²) < 4.78 is 17.0. The number of carboxylic acids is 4. The molecule has 2 saturated heterocycles. The van der Waals surface area contributed by atoms with E-state index >= 15 is 0 Å². The van der Waals surface area contributed by atoms with Crippen LogP contribution in [0, 0.1) is 47.3 Å². The molecular weight excluding hydrogens is 1920 g/mol. The molecular formula is C99H145N16O26PS2. The highest BCUT2D eigenvalue weighted by Crippen LogP contribution is 2.45. The van der Waals surface area contributed by atoms with Crippen molar-refractivity contribution in [3.8, 4) is 0 Å². The Morgan fingerprint density at radius 2 is 1.10 bits per heavy atom. The fourth-order valence-electron chi connectivity index (χ4n) is 15.9. The molecule has 7 rings (SSSR count). The van der Waals surface area contributed by atoms with Crippen LogP contribution in [-0.4, -0.2) is 263 Å². The minimum atomic E-state index is -4.16. The molecule has 2 fully saturated rings. The summed E-state index contributed by atoms with van der Waals surface area (Å²) in [5, 5.41) is 88.5. The van der Waals surface area contributed by atoms with Crippen molar-refractivity contribution >= 4 is 146 Å². The quantitative estimate of drug-likeness (QED) is 0.00862. The Kier molecular flexibility index (Phi) is 53.6. The second kappa shape index (κ2) is 63.2. The number of fused-ring (bicyclic) bond motifs is 1. The molecule has 794 valence electrons. The molecule has 11 amide bonds. The van der Waals surface area contributed by atoms with Crippen molar-refractivity contribution in [3.05, 3.63) is 144 Å². The van der Waals surface area contributed by atoms with Gasteiger partial charge in [0.1, 0.15) is 48.3 Å². The number of carbonyl (C=O) groups excluding carboxylic acids is 13. The molecule has 4 aromatic carbocycles. The van der Waals surface area contributed by atoms with Crippen molar-refractivity contribution in [2.75, 3.05) is 43.9 Å². The molecule has 25 N–H and O–H groups in total. The molecule has 0 bridgehead atoms. The third-order valence-electron chi connectivity index (χ3n) is 24.2. The Morgan fingerprint density at radius 3 is 1.67 bits per heavy atom. The summed E-state index contributed by atoms with van der Waals surface area (Å²) in [5.74, 6) is -18.8. The molecule has 0 spiro atoms. The summed E-state index contributed by atoms with van der Waals surface area (Å²) in [6.45, 7) is 16.6. The Morgan fingerprint density at radius 1 is 0.549 bits per heavy atom. The summed E-state index contributed by atoms with van der Waals surface area (Å²) in [6.07, 6.45) is 0.282. The number of nitrogens with one attached hydrogen (secondary N) is 12. The van der Waals surface area contributed by atoms with Gasteiger partial charge in [-0.3, -0.25) is 81.5 Å². The third-order valence-corrected chi connectivity index (χ3v) is 28.2. The first-order chi connectivity index (χ1) is 68.2. The number of aromatic amines is 1. The summed E-state index contributed by atoms with van der Waals surface area (Å²) in [6, 6.07) is 22.2. The van der Waals surface area contributed by atoms with Gasteiger partial charge in [-0.1, -0.05) is 193 Å². The van der Waals surface area contributed by atoms with Crippen LogP contribution in [0.25, 0.3) is 10.9 Å². The molecule has 2 aliphatic heterocycles. The number of aliphatic carboxylic acids is 4. The first kappa shape index (κ1) is 122. The van der Waals surface area contributed by atoms with E-state index in [1.165, 1.54) is 13.8 Å². The molecule has 45 heteroatoms. The summed E-state index contributed by atoms with van der Waals surface area (Å²) >= 11 is 0. The highest BCUT2D eigenvalue weighted by molar-refractivity contribution is 8.76. The Hall–Kier alpha value is -12.2. The maximum Gasteiger partial charge on any atom is 0.328 e. The van der Waals surface area contributed by atoms with Crippen molar-refractivity contribution in [1.29, 1.82) is 0 Å². The molecule has 42 nitrogen and oxygen atoms in total. The van der Waals surface area contributed by atoms with Crippen LogP contribution in [0.5, 0.6) is 0 Å². The number of guanidine groups is 1. The van der Waals surface area contributed by atoms with Crippen molar-refractivity contribution in [3.63, 3.8) is 0 Å². The zero-order valence-corrected chi connectivity index (χ0v) is 85.6. The number of ketones is 2. The standard InChI is InChI=1S/C53H70N8O11S2.C27H41N7O5.C19H34NO10P/c1-30(2)38(23-33-15-7-5-8-16-33)48(66)59-43-29-74-73-28-36(47(65)61-46(32(4)63)53(71)72)26-44(64)45(31(3)62)60-49(67)40(21-13-14-22-54)56-51(69)42(25-35-27-55-39-20-12-11-19-37(35)39)58-50(68)41(57-52(43)70)24-34-17-9-6-10-18-34;1-4-19-21(35)14-18(13-17-9-6-5-7-10-17)24(37)34-23(16(2)3)26(39)33-20(11-8-12-30-27(28)29)25(38)31-15-22(36)32-19;1-4-6-13(17(22)23)11-31(28,29)30-10-5-7-15(19(26)27)20-16(21)9-8-14(12(2)3)18(24)25/h5-12,15-20,27,30-32,36,38,40-43,45-46,55,62-63H,13-14,21-26,28-29,54H2,1-4H3,(H,56,69)(H,57,70)(H,58,68)(H,59,66)(H,60,67)(H,61,65)(H,71,72);5-7,9-10,16,18-20,23H,4,8,11-15H2,1-3H3,(H,31,38)(H,32,36)(H,33,39)(H,34,37)(H4,28,29,30);12-15H,4-11H2,1-3H3,(H,20,21)(H,22,23)(H,24,25)(H,26,27)(H,28,29)/t31-,32-,36+,38+,40+,41+,42-,43+,45+,46?;18-,19+,20+,23-;13?,14-,15+/m111/s1. The zero-order chi connectivity index (χ0) is 107. The van der Waals surface area contributed by atoms with Crippen molar-refractivity contribution in [1.82, 2.24) is 63.5 Å². The lowest BCUT2D eigenvalue weighted by Crippen LogP contribution is -2.60. The molecule has 1 aromatic heterocycles. The van der Waals surface area contributed by atoms with E-state index in [2.05, 4.69) is 68.5 Å². The van der Waals surface area contributed by atoms with Crippen LogP contribution in [-0.2, 0) is 116 Å². The highest BCUT2D eigenvalue weighted by Gasteiger charge is 2.41. The molecule has 5 aromatic rings. The van der Waals surface area contributed by atoms with Crippen LogP contribution in [0.1, 0.15) is 181 Å². The van der Waals surface area contributed by atoms with Crippen LogP contribution in [0.4, 0.5) is 0 Å². The lowest BCUT2D eigenvalue weighted by Gasteiger charge is -2.29. The molecule has 2 aliphatic rings. The number of para-hydroxylation sites is 1. The number of benzene rings is 4. The van der Waals surface area contributed by atoms with E-state index in [1.807, 2.05) is 98.8 Å². The number of amides is 11. The Balaban J connectivity index is 0.000000434. The Bertz CT molecular complexity index is 5130. The SMILES string of the molecule is CC(C)[C@H](Cc1ccccc1)C(=O)N[C@H]1CSSC[C@@H](C(=O)NC(C(=O)O)[C@@H](C)O)CC(=O)[C@H]([C@@H](C)O)NC(=O)[C@H](CCCCN)NC(=O)[C@@H](Cc2c[nH]c3ccccc23)NC(=O)[C@H](Cc2ccccc2)NC1=O.CCCC(CP(=O)(O)OCCC[C@H](NC(=O)CC[C@@H](C(=O)O)C(C)C)C(=O)O)C(=O)O.CC[C@@H]1NC(=O)CNC(=O)[C@H](CCCN=C(N)N)NC(=O)[C@@H](C(C)C)NC(=O)[C@H](Cc2ccccc2)CC1=O. The summed E-state index contributed by atoms with van der Waals surface area (Å²) in [5.41, 5.74) is 20.4. The second-order valence-corrected chi connectivity index (χ2v) is 41.4. The second-order valence-electron chi connectivity index (χ2n) is 36.9. The van der Waals surface area contributed by atoms with Crippen LogP contribution in [0.2, 0.25) is 0 Å². The average Bonchev–Trinajstić information content (AvgIpc) is 1.70. The van der Waals surface area contributed by atoms with Gasteiger partial charge in [0, 0.05) is 79.1 Å². The van der Waals surface area contributed by atoms with E-state index in [-0.39, 0.29) is 138 Å². The maximum absolute atomic E-state index is 14.8. The number of H-pyrrole nitrogens is 1. The molecule has 0 radical (unpaired) electrons. The van der Waals surface area contributed by atoms with Gasteiger partial charge in [-0.15, -0.1) is 0 Å². The van der Waals surface area contributed by atoms with E-state index in [0.29, 0.717) is 49.7 Å². The number of carboxylic acid groups (broad SMARTS) is 4. The normalized spacial score (nSPS) is 21.4. The number of aliphatic imine (C=N–C) groups is 1. The minimum Gasteiger partial charge on any atom is -0.481 e. The molecule has 0 saturated carbocycles. The van der Waals surface area contributed by atoms with Gasteiger partial charge >= 0.3 is 31.5 Å². The van der Waals surface area contributed by atoms with Gasteiger partial charge in [0.15, 0.2) is 23.6 Å². The molecule has 0 aliphatic carbocycles. The number of Topliss-reactive ketones (excluding diaryl/α,β-unsaturated/α-hetero) is 2. The van der Waals surface area contributed by atoms with E-state index < -0.39 is 217 Å². The fraction of sp³-hybridized carbons (Fsp3) is 0.556. The number of aromatic nitrogens is 1. The largest absolute Gasteiger partial charge is 0.481 e. The molecule has 3 heterocycles. The number of nitrogens with two attached hydrogens (primary N) is 3. The first-order valence-electron chi connectivity index (χ1n) is 48.4. The van der Waals surface area contributed by atoms with Crippen LogP contribution in [0.15, 0.2) is 126 Å². The van der Waals surface area contributed by atoms with Gasteiger partial charge in [-0.2, -0.15) is 0 Å². The van der Waals surface area contributed by atoms with E-state index in [0.717, 1.165) is 43.6 Å². The van der Waals surface area contributed by atoms with Gasteiger partial charge in [0.2, 0.25) is 65.0 Å². The van der Waals surface area contributed by atoms with Crippen molar-refractivity contribution in [2.45, 2.75) is 257 Å². The number of aliphatic hydroxyl groups is 2. The first-order valence-corrected chi connectivity index (χ1v) is 52.7. The van der Waals surface area contributed by atoms with Gasteiger partial charge in [0.05, 0.1) is 55.3 Å². The summed E-state index contributed by atoms with van der Waals surface area (Å²) in [7, 11) is -2.06. The number of carbonyl (C=O) groups is 17. The fourth-order valence-corrected chi connectivity index (χ4v) is 19.8. The smallest absolute Gasteiger partial charge is 0.328 e. The summed E-state index contributed by atoms with van der Waals surface area (Å²) in [4.78, 5) is 241. The van der Waals surface area contributed by atoms with Crippen molar-refractivity contribution in [2.24, 2.45) is 69.5 Å². The number of aliphatic hydroxyl groups excluding tert-OH is 2. The molecule has 144 heavy (non-hydrogen) atoms. The van der Waals surface area contributed by atoms with Gasteiger partial charge in [0.25, 0.3) is 0 Å². The Labute approximate surface area is 846 Å². The van der Waals surface area contributed by atoms with Gasteiger partial charge in [-0.05, 0) is 144 Å². The van der Waals surface area contributed by atoms with Crippen LogP contribution >= 0.6 is 29.2 Å². The number of unbranched alkanes of at least 4 members (excludes halogenated alkanes) is 1. The van der Waals surface area contributed by atoms with E-state index in [9.17, 15) is 111 Å². The van der Waals surface area contributed by atoms with Gasteiger partial charge in [-0.25, -0.2) is 9.59 Å². The predicted molar refractivity (Wildman–Crippen MR) is 542 cm³/mol. The van der Waals surface area contributed by atoms with Gasteiger partial charge < -0.3 is 121 Å². The number of nitrogens with zero attached hydrogens (tertiary/aromatic N) is 1. The maximum atomic E-state index is 14.8. The van der Waals surface area contributed by atoms with E-state index in [4.69, 9.17) is 31.9 Å². The lowest BCUT2D eigenvalue weighted by atomic mass is 9.88. The third kappa shape index (κ3) is 43.4. The monoisotopic (exact) mass is 2070 g/mol. The number of rotatable bonds is 43. The van der Waals surface area contributed by atoms with Crippen LogP contribution in [0.3, 0.4) is 0 Å². The number of hydrogen-bond donors (Lipinski definition) is 22.